The summed E-state index contributed by atoms with van der Waals surface area (Å²) in [5.74, 6) is 0.227. The second kappa shape index (κ2) is 12.8. The number of fused-ring (bicyclic) bond motifs is 1. The standard InChI is InChI=1S/C28H23Cl2N5O4S/c1-16-6-8-18(9-7-16)32-25(36)15-40(37)28-33-22-14-24(39-3)23(38-2)13-19(22)27(35-28)34-26-20(29)11-17(5-4-10-31)12-21(26)30/h4-9,11-14H,15H2,1-3H3,(H,32,36)(H,33,34,35)/b5-4+. The van der Waals surface area contributed by atoms with Gasteiger partial charge >= 0.3 is 0 Å². The van der Waals surface area contributed by atoms with Gasteiger partial charge in [0.1, 0.15) is 22.4 Å². The topological polar surface area (TPSA) is 126 Å². The molecule has 12 heteroatoms. The minimum atomic E-state index is -1.90. The van der Waals surface area contributed by atoms with Crippen LogP contribution in [0.25, 0.3) is 17.0 Å². The van der Waals surface area contributed by atoms with E-state index in [0.29, 0.717) is 39.3 Å². The van der Waals surface area contributed by atoms with Gasteiger partial charge < -0.3 is 20.1 Å². The number of methoxy groups -OCH3 is 2. The second-order valence-corrected chi connectivity index (χ2v) is 10.6. The van der Waals surface area contributed by atoms with Crippen LogP contribution in [0.2, 0.25) is 10.0 Å². The van der Waals surface area contributed by atoms with Crippen molar-refractivity contribution in [1.29, 1.82) is 5.26 Å². The summed E-state index contributed by atoms with van der Waals surface area (Å²) in [6.07, 6.45) is 2.88. The van der Waals surface area contributed by atoms with Crippen molar-refractivity contribution < 1.29 is 18.5 Å². The molecule has 0 bridgehead atoms. The lowest BCUT2D eigenvalue weighted by Crippen LogP contribution is -2.20. The fourth-order valence-corrected chi connectivity index (χ4v) is 5.14. The predicted octanol–water partition coefficient (Wildman–Crippen LogP) is 6.29. The summed E-state index contributed by atoms with van der Waals surface area (Å²) >= 11 is 13.0. The fourth-order valence-electron chi connectivity index (χ4n) is 3.71. The molecule has 3 aromatic carbocycles. The van der Waals surface area contributed by atoms with E-state index in [1.54, 1.807) is 42.5 Å². The van der Waals surface area contributed by atoms with Gasteiger partial charge in [-0.15, -0.1) is 0 Å². The summed E-state index contributed by atoms with van der Waals surface area (Å²) < 4.78 is 24.1. The first-order chi connectivity index (χ1) is 19.2. The molecule has 4 aromatic rings. The van der Waals surface area contributed by atoms with Crippen LogP contribution >= 0.6 is 23.2 Å². The molecule has 0 aliphatic carbocycles. The van der Waals surface area contributed by atoms with Crippen LogP contribution in [0.15, 0.2) is 59.8 Å². The molecule has 0 spiro atoms. The van der Waals surface area contributed by atoms with E-state index < -0.39 is 16.7 Å². The number of allylic oxidation sites excluding steroid dienone is 1. The maximum Gasteiger partial charge on any atom is 0.237 e. The van der Waals surface area contributed by atoms with E-state index in [2.05, 4.69) is 20.6 Å². The molecule has 0 aliphatic heterocycles. The first-order valence-corrected chi connectivity index (χ1v) is 13.8. The van der Waals surface area contributed by atoms with Crippen LogP contribution in [-0.2, 0) is 15.6 Å². The third-order valence-electron chi connectivity index (χ3n) is 5.64. The zero-order chi connectivity index (χ0) is 28.8. The number of anilines is 3. The van der Waals surface area contributed by atoms with Crippen LogP contribution in [0, 0.1) is 18.3 Å². The number of nitriles is 1. The molecule has 1 heterocycles. The van der Waals surface area contributed by atoms with Gasteiger partial charge in [-0.1, -0.05) is 40.9 Å². The van der Waals surface area contributed by atoms with Gasteiger partial charge in [-0.05, 0) is 48.9 Å². The van der Waals surface area contributed by atoms with E-state index in [-0.39, 0.29) is 26.8 Å². The molecular weight excluding hydrogens is 573 g/mol. The number of nitrogens with one attached hydrogen (secondary N) is 2. The van der Waals surface area contributed by atoms with E-state index >= 15 is 0 Å². The van der Waals surface area contributed by atoms with Gasteiger partial charge in [0.25, 0.3) is 0 Å². The molecule has 1 amide bonds. The highest BCUT2D eigenvalue weighted by Gasteiger charge is 2.20. The number of carbonyl (C=O) groups is 1. The van der Waals surface area contributed by atoms with Crippen molar-refractivity contribution in [3.05, 3.63) is 75.8 Å². The third-order valence-corrected chi connectivity index (χ3v) is 7.35. The summed E-state index contributed by atoms with van der Waals surface area (Å²) in [5.41, 5.74) is 2.98. The molecule has 0 saturated heterocycles. The van der Waals surface area contributed by atoms with Gasteiger partial charge in [0.05, 0.1) is 41.5 Å². The van der Waals surface area contributed by atoms with E-state index in [1.807, 2.05) is 25.1 Å². The minimum Gasteiger partial charge on any atom is -0.493 e. The number of nitrogens with zero attached hydrogens (tertiary/aromatic N) is 3. The molecule has 1 atom stereocenters. The zero-order valence-electron chi connectivity index (χ0n) is 21.6. The molecule has 9 nitrogen and oxygen atoms in total. The monoisotopic (exact) mass is 595 g/mol. The molecule has 1 unspecified atom stereocenters. The Morgan fingerprint density at radius 3 is 2.33 bits per heavy atom. The highest BCUT2D eigenvalue weighted by molar-refractivity contribution is 7.85. The molecule has 0 saturated carbocycles. The van der Waals surface area contributed by atoms with Gasteiger partial charge in [0, 0.05) is 23.2 Å². The van der Waals surface area contributed by atoms with Crippen molar-refractivity contribution >= 4 is 74.1 Å². The molecule has 0 fully saturated rings. The van der Waals surface area contributed by atoms with Crippen LogP contribution in [0.3, 0.4) is 0 Å². The van der Waals surface area contributed by atoms with Crippen LogP contribution < -0.4 is 20.1 Å². The molecule has 40 heavy (non-hydrogen) atoms. The number of hydrogen-bond donors (Lipinski definition) is 2. The van der Waals surface area contributed by atoms with Gasteiger partial charge in [-0.2, -0.15) is 5.26 Å². The van der Waals surface area contributed by atoms with Crippen LogP contribution in [0.4, 0.5) is 17.2 Å². The molecule has 1 aromatic heterocycles. The fraction of sp³-hybridized carbons (Fsp3) is 0.143. The summed E-state index contributed by atoms with van der Waals surface area (Å²) in [6, 6.07) is 15.7. The molecule has 204 valence electrons. The SMILES string of the molecule is COc1cc2nc(S(=O)CC(=O)Nc3ccc(C)cc3)nc(Nc3c(Cl)cc(/C=C/C#N)cc3Cl)c2cc1OC. The average molecular weight is 596 g/mol. The zero-order valence-corrected chi connectivity index (χ0v) is 23.9. The number of aromatic nitrogens is 2. The first kappa shape index (κ1) is 28.8. The average Bonchev–Trinajstić information content (AvgIpc) is 2.93. The number of halogens is 2. The minimum absolute atomic E-state index is 0.0814. The summed E-state index contributed by atoms with van der Waals surface area (Å²) in [4.78, 5) is 21.6. The van der Waals surface area contributed by atoms with E-state index in [4.69, 9.17) is 37.9 Å². The Labute approximate surface area is 243 Å². The second-order valence-electron chi connectivity index (χ2n) is 8.43. The van der Waals surface area contributed by atoms with E-state index in [1.165, 1.54) is 20.3 Å². The lowest BCUT2D eigenvalue weighted by atomic mass is 10.1. The van der Waals surface area contributed by atoms with Crippen molar-refractivity contribution in [2.24, 2.45) is 0 Å². The normalized spacial score (nSPS) is 11.7. The Kier molecular flexibility index (Phi) is 9.22. The largest absolute Gasteiger partial charge is 0.493 e. The maximum absolute atomic E-state index is 13.3. The predicted molar refractivity (Wildman–Crippen MR) is 158 cm³/mol. The van der Waals surface area contributed by atoms with Gasteiger partial charge in [-0.25, -0.2) is 9.97 Å². The molecule has 0 aliphatic rings. The number of carbonyl (C=O) groups excluding carboxylic acids is 1. The Balaban J connectivity index is 1.73. The smallest absolute Gasteiger partial charge is 0.237 e. The van der Waals surface area contributed by atoms with E-state index in [9.17, 15) is 9.00 Å². The first-order valence-electron chi connectivity index (χ1n) is 11.7. The van der Waals surface area contributed by atoms with Crippen LogP contribution in [0.5, 0.6) is 11.5 Å². The molecule has 2 N–H and O–H groups in total. The molecule has 4 rings (SSSR count). The highest BCUT2D eigenvalue weighted by Crippen LogP contribution is 2.39. The number of ether oxygens (including phenoxy) is 2. The molecule has 0 radical (unpaired) electrons. The van der Waals surface area contributed by atoms with Crippen molar-refractivity contribution in [1.82, 2.24) is 9.97 Å². The van der Waals surface area contributed by atoms with Crippen LogP contribution in [0.1, 0.15) is 11.1 Å². The Hall–Kier alpha value is -4.17. The number of rotatable bonds is 9. The summed E-state index contributed by atoms with van der Waals surface area (Å²) in [5, 5.41) is 15.6. The highest BCUT2D eigenvalue weighted by atomic mass is 35.5. The molecular formula is C28H23Cl2N5O4S. The summed E-state index contributed by atoms with van der Waals surface area (Å²) in [7, 11) is 1.08. The van der Waals surface area contributed by atoms with Crippen molar-refractivity contribution in [3.8, 4) is 17.6 Å². The summed E-state index contributed by atoms with van der Waals surface area (Å²) in [6.45, 7) is 1.94. The third kappa shape index (κ3) is 6.69. The number of amides is 1. The van der Waals surface area contributed by atoms with Gasteiger partial charge in [0.2, 0.25) is 11.1 Å². The number of aryl methyl sites for hydroxylation is 1. The van der Waals surface area contributed by atoms with E-state index in [0.717, 1.165) is 5.56 Å². The number of benzene rings is 3. The maximum atomic E-state index is 13.3. The van der Waals surface area contributed by atoms with Crippen molar-refractivity contribution in [3.63, 3.8) is 0 Å². The van der Waals surface area contributed by atoms with Crippen LogP contribution in [-0.4, -0.2) is 40.1 Å². The Morgan fingerprint density at radius 2 is 1.70 bits per heavy atom. The van der Waals surface area contributed by atoms with Gasteiger partial charge in [-0.3, -0.25) is 9.00 Å². The lowest BCUT2D eigenvalue weighted by Gasteiger charge is -2.15. The number of hydrogen-bond acceptors (Lipinski definition) is 8. The van der Waals surface area contributed by atoms with Crippen molar-refractivity contribution in [2.75, 3.05) is 30.6 Å². The Bertz CT molecular complexity index is 1660. The van der Waals surface area contributed by atoms with Gasteiger partial charge in [0.15, 0.2) is 11.5 Å². The lowest BCUT2D eigenvalue weighted by molar-refractivity contribution is -0.113. The van der Waals surface area contributed by atoms with Crippen molar-refractivity contribution in [2.45, 2.75) is 12.1 Å². The Morgan fingerprint density at radius 1 is 1.05 bits per heavy atom. The quantitative estimate of drug-likeness (QED) is 0.171.